The summed E-state index contributed by atoms with van der Waals surface area (Å²) in [7, 11) is 0. The van der Waals surface area contributed by atoms with Gasteiger partial charge in [0.2, 0.25) is 0 Å². The summed E-state index contributed by atoms with van der Waals surface area (Å²) in [5, 5.41) is 0. The van der Waals surface area contributed by atoms with E-state index >= 15 is 0 Å². The number of aromatic amines is 1. The van der Waals surface area contributed by atoms with Gasteiger partial charge in [-0.25, -0.2) is 4.99 Å². The van der Waals surface area contributed by atoms with Crippen molar-refractivity contribution in [3.8, 4) is 0 Å². The normalized spacial score (nSPS) is 13.3. The number of aryl methyl sites for hydroxylation is 1. The number of rotatable bonds is 4. The summed E-state index contributed by atoms with van der Waals surface area (Å²) < 4.78 is 0. The van der Waals surface area contributed by atoms with E-state index in [-0.39, 0.29) is 0 Å². The molecular formula is C12H19N3. The van der Waals surface area contributed by atoms with Gasteiger partial charge in [-0.1, -0.05) is 13.3 Å². The third kappa shape index (κ3) is 3.27. The summed E-state index contributed by atoms with van der Waals surface area (Å²) in [6.07, 6.45) is 5.95. The van der Waals surface area contributed by atoms with Crippen LogP contribution in [-0.4, -0.2) is 10.7 Å². The second-order valence-corrected chi connectivity index (χ2v) is 3.63. The van der Waals surface area contributed by atoms with E-state index in [1.54, 1.807) is 0 Å². The molecule has 1 rings (SSSR count). The number of hydrogen-bond acceptors (Lipinski definition) is 2. The summed E-state index contributed by atoms with van der Waals surface area (Å²) >= 11 is 0. The number of H-pyrrole nitrogens is 1. The van der Waals surface area contributed by atoms with E-state index in [0.29, 0.717) is 5.82 Å². The van der Waals surface area contributed by atoms with Crippen LogP contribution in [0.25, 0.3) is 0 Å². The number of aliphatic imine (C=N–C) groups is 1. The lowest BCUT2D eigenvalue weighted by Crippen LogP contribution is -2.01. The molecular weight excluding hydrogens is 186 g/mol. The second kappa shape index (κ2) is 5.39. The van der Waals surface area contributed by atoms with Gasteiger partial charge in [-0.2, -0.15) is 0 Å². The zero-order chi connectivity index (χ0) is 11.3. The molecule has 0 atom stereocenters. The van der Waals surface area contributed by atoms with E-state index in [1.807, 2.05) is 32.2 Å². The van der Waals surface area contributed by atoms with E-state index in [4.69, 9.17) is 5.73 Å². The average Bonchev–Trinajstić information content (AvgIpc) is 2.61. The standard InChI is InChI=1S/C12H19N3/c1-4-5-6-12(13)15-10(3)11-7-8-14-9(11)2/h6-8,14H,4-5,13H2,1-3H3/b12-6+,15-10-. The number of hydrogen-bond donors (Lipinski definition) is 2. The largest absolute Gasteiger partial charge is 0.384 e. The minimum Gasteiger partial charge on any atom is -0.384 e. The van der Waals surface area contributed by atoms with Crippen molar-refractivity contribution in [1.29, 1.82) is 0 Å². The highest BCUT2D eigenvalue weighted by Gasteiger charge is 2.02. The summed E-state index contributed by atoms with van der Waals surface area (Å²) in [6, 6.07) is 2.02. The summed E-state index contributed by atoms with van der Waals surface area (Å²) in [5.74, 6) is 0.606. The highest BCUT2D eigenvalue weighted by Crippen LogP contribution is 2.08. The maximum Gasteiger partial charge on any atom is 0.119 e. The molecule has 82 valence electrons. The zero-order valence-electron chi connectivity index (χ0n) is 9.67. The molecule has 0 aromatic carbocycles. The minimum atomic E-state index is 0.606. The lowest BCUT2D eigenvalue weighted by Gasteiger charge is -2.00. The van der Waals surface area contributed by atoms with Crippen molar-refractivity contribution in [2.24, 2.45) is 10.7 Å². The van der Waals surface area contributed by atoms with Crippen molar-refractivity contribution in [1.82, 2.24) is 4.98 Å². The molecule has 0 bridgehead atoms. The molecule has 0 aliphatic carbocycles. The van der Waals surface area contributed by atoms with Gasteiger partial charge >= 0.3 is 0 Å². The number of nitrogens with two attached hydrogens (primary N) is 1. The first kappa shape index (κ1) is 11.6. The molecule has 0 aliphatic heterocycles. The van der Waals surface area contributed by atoms with Crippen molar-refractivity contribution >= 4 is 5.71 Å². The summed E-state index contributed by atoms with van der Waals surface area (Å²) in [5.41, 5.74) is 8.99. The monoisotopic (exact) mass is 205 g/mol. The van der Waals surface area contributed by atoms with Crippen molar-refractivity contribution in [2.75, 3.05) is 0 Å². The number of aromatic nitrogens is 1. The van der Waals surface area contributed by atoms with Gasteiger partial charge in [-0.3, -0.25) is 0 Å². The predicted molar refractivity (Wildman–Crippen MR) is 64.9 cm³/mol. The molecule has 3 nitrogen and oxygen atoms in total. The van der Waals surface area contributed by atoms with Crippen LogP contribution < -0.4 is 5.73 Å². The van der Waals surface area contributed by atoms with Crippen LogP contribution in [0, 0.1) is 6.92 Å². The quantitative estimate of drug-likeness (QED) is 0.729. The fraction of sp³-hybridized carbons (Fsp3) is 0.417. The summed E-state index contributed by atoms with van der Waals surface area (Å²) in [4.78, 5) is 7.48. The van der Waals surface area contributed by atoms with Crippen LogP contribution in [0.15, 0.2) is 29.2 Å². The maximum absolute atomic E-state index is 5.78. The third-order valence-corrected chi connectivity index (χ3v) is 2.28. The molecule has 0 amide bonds. The molecule has 3 N–H and O–H groups in total. The van der Waals surface area contributed by atoms with Gasteiger partial charge in [-0.05, 0) is 32.4 Å². The molecule has 0 radical (unpaired) electrons. The van der Waals surface area contributed by atoms with Crippen LogP contribution in [0.2, 0.25) is 0 Å². The maximum atomic E-state index is 5.78. The molecule has 0 saturated heterocycles. The fourth-order valence-electron chi connectivity index (χ4n) is 1.44. The van der Waals surface area contributed by atoms with Crippen molar-refractivity contribution in [3.05, 3.63) is 35.4 Å². The molecule has 0 saturated carbocycles. The Kier molecular flexibility index (Phi) is 4.16. The van der Waals surface area contributed by atoms with Gasteiger partial charge in [0, 0.05) is 23.2 Å². The lowest BCUT2D eigenvalue weighted by atomic mass is 10.2. The Hall–Kier alpha value is -1.51. The molecule has 15 heavy (non-hydrogen) atoms. The molecule has 0 fully saturated rings. The summed E-state index contributed by atoms with van der Waals surface area (Å²) in [6.45, 7) is 6.12. The van der Waals surface area contributed by atoms with E-state index < -0.39 is 0 Å². The van der Waals surface area contributed by atoms with Gasteiger partial charge in [0.05, 0.1) is 0 Å². The van der Waals surface area contributed by atoms with Gasteiger partial charge in [0.25, 0.3) is 0 Å². The fourth-order valence-corrected chi connectivity index (χ4v) is 1.44. The topological polar surface area (TPSA) is 54.2 Å². The van der Waals surface area contributed by atoms with E-state index in [2.05, 4.69) is 16.9 Å². The Bertz CT molecular complexity index is 372. The molecule has 1 aromatic rings. The Morgan fingerprint density at radius 1 is 1.60 bits per heavy atom. The van der Waals surface area contributed by atoms with Crippen molar-refractivity contribution in [2.45, 2.75) is 33.6 Å². The van der Waals surface area contributed by atoms with Crippen LogP contribution in [0.3, 0.4) is 0 Å². The molecule has 1 heterocycles. The first-order chi connectivity index (χ1) is 7.15. The van der Waals surface area contributed by atoms with Crippen LogP contribution in [0.1, 0.15) is 37.9 Å². The Morgan fingerprint density at radius 2 is 2.33 bits per heavy atom. The molecule has 0 aliphatic rings. The lowest BCUT2D eigenvalue weighted by molar-refractivity contribution is 0.942. The van der Waals surface area contributed by atoms with E-state index in [1.165, 1.54) is 0 Å². The average molecular weight is 205 g/mol. The van der Waals surface area contributed by atoms with Crippen molar-refractivity contribution in [3.63, 3.8) is 0 Å². The van der Waals surface area contributed by atoms with Crippen LogP contribution in [-0.2, 0) is 0 Å². The molecule has 0 unspecified atom stereocenters. The first-order valence-electron chi connectivity index (χ1n) is 5.30. The number of allylic oxidation sites excluding steroid dienone is 1. The molecule has 1 aromatic heterocycles. The smallest absolute Gasteiger partial charge is 0.119 e. The van der Waals surface area contributed by atoms with Crippen molar-refractivity contribution < 1.29 is 0 Å². The highest BCUT2D eigenvalue weighted by atomic mass is 14.9. The van der Waals surface area contributed by atoms with Crippen LogP contribution in [0.4, 0.5) is 0 Å². The highest BCUT2D eigenvalue weighted by molar-refractivity contribution is 6.00. The Labute approximate surface area is 91.1 Å². The number of nitrogens with one attached hydrogen (secondary N) is 1. The molecule has 3 heteroatoms. The number of nitrogens with zero attached hydrogens (tertiary/aromatic N) is 1. The van der Waals surface area contributed by atoms with E-state index in [9.17, 15) is 0 Å². The van der Waals surface area contributed by atoms with E-state index in [0.717, 1.165) is 29.8 Å². The SMILES string of the molecule is CCC/C=C(N)/N=C(/C)c1cc[nH]c1C. The van der Waals surface area contributed by atoms with Gasteiger partial charge in [-0.15, -0.1) is 0 Å². The minimum absolute atomic E-state index is 0.606. The number of unbranched alkanes of at least 4 members (excludes halogenated alkanes) is 1. The Morgan fingerprint density at radius 3 is 2.87 bits per heavy atom. The van der Waals surface area contributed by atoms with Crippen LogP contribution in [0.5, 0.6) is 0 Å². The predicted octanol–water partition coefficient (Wildman–Crippen LogP) is 2.73. The van der Waals surface area contributed by atoms with Crippen LogP contribution >= 0.6 is 0 Å². The molecule has 0 spiro atoms. The van der Waals surface area contributed by atoms with Gasteiger partial charge in [0.15, 0.2) is 0 Å². The second-order valence-electron chi connectivity index (χ2n) is 3.63. The van der Waals surface area contributed by atoms with Gasteiger partial charge in [0.1, 0.15) is 5.82 Å². The Balaban J connectivity index is 2.80. The first-order valence-corrected chi connectivity index (χ1v) is 5.30. The van der Waals surface area contributed by atoms with Gasteiger partial charge < -0.3 is 10.7 Å². The zero-order valence-corrected chi connectivity index (χ0v) is 9.67. The third-order valence-electron chi connectivity index (χ3n) is 2.28.